The Hall–Kier alpha value is -0.500. The van der Waals surface area contributed by atoms with Crippen LogP contribution < -0.4 is 5.32 Å². The van der Waals surface area contributed by atoms with Gasteiger partial charge < -0.3 is 10.1 Å². The lowest BCUT2D eigenvalue weighted by Gasteiger charge is -2.28. The Bertz CT molecular complexity index is 231. The van der Waals surface area contributed by atoms with E-state index in [0.717, 1.165) is 18.4 Å². The fraction of sp³-hybridized carbons (Fsp3) is 0.867. The van der Waals surface area contributed by atoms with Gasteiger partial charge in [0.25, 0.3) is 0 Å². The molecule has 1 N–H and O–H groups in total. The van der Waals surface area contributed by atoms with Gasteiger partial charge in [-0.1, -0.05) is 26.2 Å². The highest BCUT2D eigenvalue weighted by atomic mass is 16.5. The summed E-state index contributed by atoms with van der Waals surface area (Å²) in [6.45, 7) is 4.55. The van der Waals surface area contributed by atoms with Gasteiger partial charge in [0.2, 0.25) is 0 Å². The van der Waals surface area contributed by atoms with Crippen LogP contribution in [0.25, 0.3) is 0 Å². The van der Waals surface area contributed by atoms with Gasteiger partial charge in [0, 0.05) is 6.54 Å². The van der Waals surface area contributed by atoms with E-state index in [4.69, 9.17) is 4.74 Å². The topological polar surface area (TPSA) is 21.3 Å². The van der Waals surface area contributed by atoms with Gasteiger partial charge in [-0.3, -0.25) is 0 Å². The molecule has 0 amide bonds. The summed E-state index contributed by atoms with van der Waals surface area (Å²) in [4.78, 5) is 0. The summed E-state index contributed by atoms with van der Waals surface area (Å²) in [5, 5.41) is 3.60. The molecular weight excluding hydrogens is 210 g/mol. The maximum Gasteiger partial charge on any atom is 0.110 e. The normalized spacial score (nSPS) is 33.4. The Morgan fingerprint density at radius 1 is 1.06 bits per heavy atom. The zero-order valence-electron chi connectivity index (χ0n) is 11.2. The Balaban J connectivity index is 1.55. The van der Waals surface area contributed by atoms with Crippen molar-refractivity contribution in [2.24, 2.45) is 11.8 Å². The second kappa shape index (κ2) is 7.05. The Labute approximate surface area is 106 Å². The van der Waals surface area contributed by atoms with Crippen molar-refractivity contribution in [2.45, 2.75) is 58.0 Å². The highest BCUT2D eigenvalue weighted by Crippen LogP contribution is 2.30. The number of nitrogens with one attached hydrogen (secondary N) is 1. The van der Waals surface area contributed by atoms with Crippen molar-refractivity contribution < 1.29 is 4.74 Å². The predicted octanol–water partition coefficient (Wildman–Crippen LogP) is 3.49. The molecule has 2 aliphatic rings. The summed E-state index contributed by atoms with van der Waals surface area (Å²) in [5.41, 5.74) is 0. The largest absolute Gasteiger partial charge is 0.497 e. The Morgan fingerprint density at radius 2 is 1.82 bits per heavy atom. The third-order valence-corrected chi connectivity index (χ3v) is 4.37. The molecule has 98 valence electrons. The van der Waals surface area contributed by atoms with Crippen molar-refractivity contribution in [3.63, 3.8) is 0 Å². The van der Waals surface area contributed by atoms with Crippen molar-refractivity contribution in [3.8, 4) is 0 Å². The molecule has 2 nitrogen and oxygen atoms in total. The molecule has 0 saturated heterocycles. The van der Waals surface area contributed by atoms with Crippen LogP contribution in [0.1, 0.15) is 51.9 Å². The molecule has 1 aliphatic heterocycles. The molecule has 0 radical (unpaired) electrons. The molecule has 0 aromatic heterocycles. The standard InChI is InChI=1S/C15H27NO/c1-2-13-6-8-14(9-7-13)11-16-12-15-5-3-4-10-17-15/h4,10,13-16H,2-3,5-9,11-12H2,1H3. The van der Waals surface area contributed by atoms with Gasteiger partial charge in [0.15, 0.2) is 0 Å². The van der Waals surface area contributed by atoms with Crippen molar-refractivity contribution in [1.29, 1.82) is 0 Å². The molecule has 1 aliphatic carbocycles. The fourth-order valence-electron chi connectivity index (χ4n) is 3.03. The predicted molar refractivity (Wildman–Crippen MR) is 71.9 cm³/mol. The molecular formula is C15H27NO. The van der Waals surface area contributed by atoms with Crippen molar-refractivity contribution in [3.05, 3.63) is 12.3 Å². The molecule has 1 heterocycles. The van der Waals surface area contributed by atoms with Crippen LogP contribution in [0.2, 0.25) is 0 Å². The Morgan fingerprint density at radius 3 is 2.47 bits per heavy atom. The molecule has 2 heteroatoms. The van der Waals surface area contributed by atoms with E-state index < -0.39 is 0 Å². The lowest BCUT2D eigenvalue weighted by Crippen LogP contribution is -2.33. The van der Waals surface area contributed by atoms with Crippen molar-refractivity contribution in [2.75, 3.05) is 13.1 Å². The molecule has 2 rings (SSSR count). The molecule has 0 bridgehead atoms. The highest BCUT2D eigenvalue weighted by molar-refractivity contribution is 4.83. The number of allylic oxidation sites excluding steroid dienone is 1. The van der Waals surface area contributed by atoms with E-state index in [1.165, 1.54) is 51.5 Å². The van der Waals surface area contributed by atoms with E-state index in [-0.39, 0.29) is 0 Å². The second-order valence-corrected chi connectivity index (χ2v) is 5.66. The molecule has 1 unspecified atom stereocenters. The van der Waals surface area contributed by atoms with E-state index in [2.05, 4.69) is 18.3 Å². The van der Waals surface area contributed by atoms with Gasteiger partial charge >= 0.3 is 0 Å². The summed E-state index contributed by atoms with van der Waals surface area (Å²) < 4.78 is 5.56. The third-order valence-electron chi connectivity index (χ3n) is 4.37. The lowest BCUT2D eigenvalue weighted by atomic mass is 9.81. The SMILES string of the molecule is CCC1CCC(CNCC2CCC=CO2)CC1. The van der Waals surface area contributed by atoms with Crippen LogP contribution >= 0.6 is 0 Å². The van der Waals surface area contributed by atoms with Gasteiger partial charge in [-0.15, -0.1) is 0 Å². The van der Waals surface area contributed by atoms with Crippen LogP contribution in [-0.2, 0) is 4.74 Å². The summed E-state index contributed by atoms with van der Waals surface area (Å²) in [7, 11) is 0. The monoisotopic (exact) mass is 237 g/mol. The van der Waals surface area contributed by atoms with E-state index in [1.807, 2.05) is 6.26 Å². The first kappa shape index (κ1) is 12.9. The first-order valence-corrected chi connectivity index (χ1v) is 7.39. The van der Waals surface area contributed by atoms with Crippen LogP contribution in [0.5, 0.6) is 0 Å². The van der Waals surface area contributed by atoms with Crippen molar-refractivity contribution >= 4 is 0 Å². The van der Waals surface area contributed by atoms with E-state index in [9.17, 15) is 0 Å². The first-order chi connectivity index (χ1) is 8.38. The van der Waals surface area contributed by atoms with Crippen LogP contribution in [0.4, 0.5) is 0 Å². The van der Waals surface area contributed by atoms with Crippen molar-refractivity contribution in [1.82, 2.24) is 5.32 Å². The quantitative estimate of drug-likeness (QED) is 0.790. The maximum absolute atomic E-state index is 5.56. The maximum atomic E-state index is 5.56. The first-order valence-electron chi connectivity index (χ1n) is 7.39. The lowest BCUT2D eigenvalue weighted by molar-refractivity contribution is 0.120. The average molecular weight is 237 g/mol. The minimum absolute atomic E-state index is 0.409. The molecule has 0 aromatic rings. The zero-order chi connectivity index (χ0) is 11.9. The summed E-state index contributed by atoms with van der Waals surface area (Å²) in [5.74, 6) is 1.93. The molecule has 0 aromatic carbocycles. The second-order valence-electron chi connectivity index (χ2n) is 5.66. The number of hydrogen-bond acceptors (Lipinski definition) is 2. The summed E-state index contributed by atoms with van der Waals surface area (Å²) >= 11 is 0. The molecule has 1 fully saturated rings. The summed E-state index contributed by atoms with van der Waals surface area (Å²) in [6.07, 6.45) is 13.9. The third kappa shape index (κ3) is 4.34. The van der Waals surface area contributed by atoms with Gasteiger partial charge in [-0.2, -0.15) is 0 Å². The number of rotatable bonds is 5. The van der Waals surface area contributed by atoms with Crippen LogP contribution in [-0.4, -0.2) is 19.2 Å². The van der Waals surface area contributed by atoms with E-state index >= 15 is 0 Å². The minimum atomic E-state index is 0.409. The molecule has 1 saturated carbocycles. The zero-order valence-corrected chi connectivity index (χ0v) is 11.2. The van der Waals surface area contributed by atoms with Crippen LogP contribution in [0, 0.1) is 11.8 Å². The average Bonchev–Trinajstić information content (AvgIpc) is 2.41. The smallest absolute Gasteiger partial charge is 0.110 e. The molecule has 1 atom stereocenters. The van der Waals surface area contributed by atoms with E-state index in [1.54, 1.807) is 0 Å². The van der Waals surface area contributed by atoms with Gasteiger partial charge in [-0.25, -0.2) is 0 Å². The van der Waals surface area contributed by atoms with Gasteiger partial charge in [-0.05, 0) is 50.1 Å². The highest BCUT2D eigenvalue weighted by Gasteiger charge is 2.20. The summed E-state index contributed by atoms with van der Waals surface area (Å²) in [6, 6.07) is 0. The van der Waals surface area contributed by atoms with Crippen LogP contribution in [0.15, 0.2) is 12.3 Å². The van der Waals surface area contributed by atoms with Gasteiger partial charge in [0.1, 0.15) is 6.10 Å². The minimum Gasteiger partial charge on any atom is -0.497 e. The number of ether oxygens (including phenoxy) is 1. The molecule has 17 heavy (non-hydrogen) atoms. The molecule has 0 spiro atoms. The van der Waals surface area contributed by atoms with E-state index in [0.29, 0.717) is 6.10 Å². The van der Waals surface area contributed by atoms with Crippen LogP contribution in [0.3, 0.4) is 0 Å². The van der Waals surface area contributed by atoms with Gasteiger partial charge in [0.05, 0.1) is 6.26 Å². The number of hydrogen-bond donors (Lipinski definition) is 1. The fourth-order valence-corrected chi connectivity index (χ4v) is 3.03. The Kier molecular flexibility index (Phi) is 5.37.